The first-order chi connectivity index (χ1) is 9.69. The lowest BCUT2D eigenvalue weighted by molar-refractivity contribution is 0.250. The normalized spacial score (nSPS) is 21.3. The van der Waals surface area contributed by atoms with E-state index in [1.807, 2.05) is 24.9 Å². The van der Waals surface area contributed by atoms with E-state index in [1.165, 1.54) is 5.56 Å². The van der Waals surface area contributed by atoms with Crippen LogP contribution in [0.5, 0.6) is 5.75 Å². The second-order valence-electron chi connectivity index (χ2n) is 6.46. The Hall–Kier alpha value is -1.07. The second-order valence-corrected chi connectivity index (χ2v) is 8.69. The van der Waals surface area contributed by atoms with Crippen molar-refractivity contribution < 1.29 is 13.5 Å². The van der Waals surface area contributed by atoms with E-state index >= 15 is 0 Å². The molecule has 0 aromatic heterocycles. The van der Waals surface area contributed by atoms with Gasteiger partial charge in [0.15, 0.2) is 9.84 Å². The Morgan fingerprint density at radius 3 is 2.57 bits per heavy atom. The molecule has 0 amide bonds. The van der Waals surface area contributed by atoms with Crippen molar-refractivity contribution in [2.24, 2.45) is 0 Å². The van der Waals surface area contributed by atoms with Crippen LogP contribution in [0.25, 0.3) is 0 Å². The summed E-state index contributed by atoms with van der Waals surface area (Å²) in [4.78, 5) is 2.04. The summed E-state index contributed by atoms with van der Waals surface area (Å²) < 4.78 is 23.2. The van der Waals surface area contributed by atoms with Crippen molar-refractivity contribution in [3.63, 3.8) is 0 Å². The fourth-order valence-corrected chi connectivity index (χ4v) is 4.83. The van der Waals surface area contributed by atoms with Crippen LogP contribution in [0.2, 0.25) is 0 Å². The minimum absolute atomic E-state index is 0.0539. The number of phenolic OH excluding ortho intramolecular Hbond substituents is 1. The van der Waals surface area contributed by atoms with Gasteiger partial charge in [0.25, 0.3) is 0 Å². The maximum absolute atomic E-state index is 11.6. The zero-order valence-electron chi connectivity index (χ0n) is 13.3. The van der Waals surface area contributed by atoms with Gasteiger partial charge < -0.3 is 5.11 Å². The summed E-state index contributed by atoms with van der Waals surface area (Å²) >= 11 is 0. The molecule has 0 spiro atoms. The molecular weight excluding hydrogens is 286 g/mol. The summed E-state index contributed by atoms with van der Waals surface area (Å²) in [5.41, 5.74) is 3.20. The van der Waals surface area contributed by atoms with Crippen LogP contribution < -0.4 is 0 Å². The van der Waals surface area contributed by atoms with E-state index in [1.54, 1.807) is 0 Å². The van der Waals surface area contributed by atoms with Crippen LogP contribution in [-0.2, 0) is 16.4 Å². The summed E-state index contributed by atoms with van der Waals surface area (Å²) in [5.74, 6) is 1.21. The molecule has 1 aromatic rings. The molecule has 0 bridgehead atoms. The largest absolute Gasteiger partial charge is 0.508 e. The number of benzene rings is 1. The average molecular weight is 311 g/mol. The number of phenols is 1. The molecule has 1 atom stereocenters. The van der Waals surface area contributed by atoms with Gasteiger partial charge in [0.05, 0.1) is 11.5 Å². The minimum Gasteiger partial charge on any atom is -0.508 e. The van der Waals surface area contributed by atoms with Crippen LogP contribution in [0.3, 0.4) is 0 Å². The highest BCUT2D eigenvalue weighted by Crippen LogP contribution is 2.29. The predicted octanol–water partition coefficient (Wildman–Crippen LogP) is 2.44. The van der Waals surface area contributed by atoms with Gasteiger partial charge in [0.1, 0.15) is 5.75 Å². The maximum Gasteiger partial charge on any atom is 0.151 e. The Bertz CT molecular complexity index is 623. The highest BCUT2D eigenvalue weighted by molar-refractivity contribution is 7.91. The first-order valence-corrected chi connectivity index (χ1v) is 9.25. The lowest BCUT2D eigenvalue weighted by Crippen LogP contribution is -2.32. The summed E-state index contributed by atoms with van der Waals surface area (Å²) in [6.07, 6.45) is 0.683. The fourth-order valence-electron chi connectivity index (χ4n) is 3.03. The second kappa shape index (κ2) is 5.97. The predicted molar refractivity (Wildman–Crippen MR) is 85.5 cm³/mol. The molecule has 1 fully saturated rings. The zero-order valence-corrected chi connectivity index (χ0v) is 14.1. The topological polar surface area (TPSA) is 57.6 Å². The molecule has 1 aliphatic heterocycles. The van der Waals surface area contributed by atoms with Gasteiger partial charge in [-0.3, -0.25) is 4.90 Å². The lowest BCUT2D eigenvalue weighted by atomic mass is 9.95. The molecule has 1 N–H and O–H groups in total. The van der Waals surface area contributed by atoms with E-state index in [4.69, 9.17) is 0 Å². The highest BCUT2D eigenvalue weighted by Gasteiger charge is 2.30. The average Bonchev–Trinajstić information content (AvgIpc) is 2.72. The van der Waals surface area contributed by atoms with Crippen LogP contribution in [0.15, 0.2) is 12.1 Å². The Labute approximate surface area is 127 Å². The molecule has 118 valence electrons. The maximum atomic E-state index is 11.6. The van der Waals surface area contributed by atoms with Crippen LogP contribution in [-0.4, -0.2) is 43.0 Å². The molecule has 0 saturated carbocycles. The molecule has 21 heavy (non-hydrogen) atoms. The number of nitrogens with zero attached hydrogens (tertiary/aromatic N) is 1. The molecule has 2 rings (SSSR count). The Kier molecular flexibility index (Phi) is 4.63. The van der Waals surface area contributed by atoms with Gasteiger partial charge in [-0.05, 0) is 43.5 Å². The standard InChI is InChI=1S/C16H25NO3S/c1-11(2)15-8-13(16(18)7-12(15)3)9-17(4)14-5-6-21(19,20)10-14/h7-8,11,14,18H,5-6,9-10H2,1-4H3/t14-/m1/s1. The van der Waals surface area contributed by atoms with Crippen molar-refractivity contribution >= 4 is 9.84 Å². The van der Waals surface area contributed by atoms with Crippen LogP contribution in [0.1, 0.15) is 42.9 Å². The molecule has 0 aliphatic carbocycles. The number of hydrogen-bond donors (Lipinski definition) is 1. The highest BCUT2D eigenvalue weighted by atomic mass is 32.2. The molecule has 4 nitrogen and oxygen atoms in total. The Morgan fingerprint density at radius 2 is 2.05 bits per heavy atom. The van der Waals surface area contributed by atoms with Crippen molar-refractivity contribution in [1.82, 2.24) is 4.90 Å². The molecule has 1 aliphatic rings. The number of aromatic hydroxyl groups is 1. The van der Waals surface area contributed by atoms with Crippen molar-refractivity contribution in [3.8, 4) is 5.75 Å². The molecule has 1 aromatic carbocycles. The number of rotatable bonds is 4. The smallest absolute Gasteiger partial charge is 0.151 e. The summed E-state index contributed by atoms with van der Waals surface area (Å²) in [6.45, 7) is 6.85. The Morgan fingerprint density at radius 1 is 1.38 bits per heavy atom. The molecular formula is C16H25NO3S. The summed E-state index contributed by atoms with van der Waals surface area (Å²) in [5, 5.41) is 10.1. The van der Waals surface area contributed by atoms with Crippen molar-refractivity contribution in [2.45, 2.75) is 45.7 Å². The van der Waals surface area contributed by atoms with Crippen molar-refractivity contribution in [1.29, 1.82) is 0 Å². The third kappa shape index (κ3) is 3.77. The number of aryl methyl sites for hydroxylation is 1. The van der Waals surface area contributed by atoms with E-state index in [2.05, 4.69) is 19.9 Å². The monoisotopic (exact) mass is 311 g/mol. The van der Waals surface area contributed by atoms with Gasteiger partial charge in [-0.25, -0.2) is 8.42 Å². The van der Waals surface area contributed by atoms with Gasteiger partial charge in [-0.1, -0.05) is 19.9 Å². The van der Waals surface area contributed by atoms with E-state index in [0.717, 1.165) is 11.1 Å². The molecule has 0 radical (unpaired) electrons. The zero-order chi connectivity index (χ0) is 15.8. The SMILES string of the molecule is Cc1cc(O)c(CN(C)[C@@H]2CCS(=O)(=O)C2)cc1C(C)C. The van der Waals surface area contributed by atoms with Gasteiger partial charge in [-0.15, -0.1) is 0 Å². The van der Waals surface area contributed by atoms with E-state index in [-0.39, 0.29) is 17.5 Å². The van der Waals surface area contributed by atoms with Crippen LogP contribution >= 0.6 is 0 Å². The summed E-state index contributed by atoms with van der Waals surface area (Å²) in [6, 6.07) is 3.91. The van der Waals surface area contributed by atoms with Crippen LogP contribution in [0.4, 0.5) is 0 Å². The number of hydrogen-bond acceptors (Lipinski definition) is 4. The van der Waals surface area contributed by atoms with Crippen molar-refractivity contribution in [2.75, 3.05) is 18.6 Å². The van der Waals surface area contributed by atoms with Crippen LogP contribution in [0, 0.1) is 6.92 Å². The number of sulfone groups is 1. The minimum atomic E-state index is -2.88. The fraction of sp³-hybridized carbons (Fsp3) is 0.625. The molecule has 1 heterocycles. The first-order valence-electron chi connectivity index (χ1n) is 7.42. The van der Waals surface area contributed by atoms with Gasteiger partial charge >= 0.3 is 0 Å². The first kappa shape index (κ1) is 16.3. The molecule has 5 heteroatoms. The van der Waals surface area contributed by atoms with E-state index in [0.29, 0.717) is 24.6 Å². The van der Waals surface area contributed by atoms with E-state index < -0.39 is 9.84 Å². The Balaban J connectivity index is 2.18. The van der Waals surface area contributed by atoms with E-state index in [9.17, 15) is 13.5 Å². The van der Waals surface area contributed by atoms with Gasteiger partial charge in [0, 0.05) is 18.2 Å². The lowest BCUT2D eigenvalue weighted by Gasteiger charge is -2.24. The van der Waals surface area contributed by atoms with Crippen molar-refractivity contribution in [3.05, 3.63) is 28.8 Å². The third-order valence-corrected chi connectivity index (χ3v) is 6.09. The summed E-state index contributed by atoms with van der Waals surface area (Å²) in [7, 11) is -0.945. The quantitative estimate of drug-likeness (QED) is 0.928. The van der Waals surface area contributed by atoms with Gasteiger partial charge in [-0.2, -0.15) is 0 Å². The molecule has 0 unspecified atom stereocenters. The molecule has 1 saturated heterocycles. The third-order valence-electron chi connectivity index (χ3n) is 4.34. The van der Waals surface area contributed by atoms with Gasteiger partial charge in [0.2, 0.25) is 0 Å².